The van der Waals surface area contributed by atoms with Crippen LogP contribution < -0.4 is 0 Å². The lowest BCUT2D eigenvalue weighted by atomic mass is 9.82. The van der Waals surface area contributed by atoms with E-state index in [0.717, 1.165) is 32.1 Å². The average Bonchev–Trinajstić information content (AvgIpc) is 3.38. The van der Waals surface area contributed by atoms with Gasteiger partial charge in [-0.1, -0.05) is 75.3 Å². The number of allylic oxidation sites excluding steroid dienone is 3. The van der Waals surface area contributed by atoms with Gasteiger partial charge < -0.3 is 4.98 Å². The SMILES string of the molecule is CC=CC=Cc1c(CCC)c(CCC)c(-c2ccc[nH]2)c2c1-c1ccccc1C2. The van der Waals surface area contributed by atoms with Crippen molar-refractivity contribution in [1.29, 1.82) is 0 Å². The highest BCUT2D eigenvalue weighted by Crippen LogP contribution is 2.48. The number of aromatic nitrogens is 1. The fourth-order valence-corrected chi connectivity index (χ4v) is 4.85. The highest BCUT2D eigenvalue weighted by atomic mass is 14.7. The summed E-state index contributed by atoms with van der Waals surface area (Å²) in [4.78, 5) is 3.52. The van der Waals surface area contributed by atoms with Gasteiger partial charge in [0.1, 0.15) is 0 Å². The minimum Gasteiger partial charge on any atom is -0.361 e. The summed E-state index contributed by atoms with van der Waals surface area (Å²) in [7, 11) is 0. The summed E-state index contributed by atoms with van der Waals surface area (Å²) in [5, 5.41) is 0. The number of hydrogen-bond donors (Lipinski definition) is 1. The molecule has 0 saturated heterocycles. The lowest BCUT2D eigenvalue weighted by Gasteiger charge is -2.22. The minimum absolute atomic E-state index is 1.02. The fourth-order valence-electron chi connectivity index (χ4n) is 4.85. The van der Waals surface area contributed by atoms with E-state index in [2.05, 4.69) is 92.7 Å². The molecule has 4 rings (SSSR count). The Kier molecular flexibility index (Phi) is 5.85. The van der Waals surface area contributed by atoms with Crippen LogP contribution in [0.25, 0.3) is 28.5 Å². The molecular formula is C28H31N. The summed E-state index contributed by atoms with van der Waals surface area (Å²) in [6, 6.07) is 13.3. The Morgan fingerprint density at radius 3 is 2.41 bits per heavy atom. The molecule has 0 saturated carbocycles. The zero-order valence-corrected chi connectivity index (χ0v) is 17.9. The number of hydrogen-bond acceptors (Lipinski definition) is 0. The second kappa shape index (κ2) is 8.69. The summed E-state index contributed by atoms with van der Waals surface area (Å²) < 4.78 is 0. The van der Waals surface area contributed by atoms with Crippen LogP contribution in [-0.4, -0.2) is 4.98 Å². The van der Waals surface area contributed by atoms with E-state index in [-0.39, 0.29) is 0 Å². The molecule has 0 amide bonds. The summed E-state index contributed by atoms with van der Waals surface area (Å²) >= 11 is 0. The zero-order valence-electron chi connectivity index (χ0n) is 17.9. The van der Waals surface area contributed by atoms with Gasteiger partial charge in [-0.3, -0.25) is 0 Å². The van der Waals surface area contributed by atoms with E-state index in [1.807, 2.05) is 0 Å². The first kappa shape index (κ1) is 19.5. The molecule has 0 atom stereocenters. The maximum atomic E-state index is 3.52. The smallest absolute Gasteiger partial charge is 0.0459 e. The second-order valence-electron chi connectivity index (χ2n) is 7.90. The van der Waals surface area contributed by atoms with Crippen molar-refractivity contribution in [3.05, 3.63) is 88.6 Å². The number of nitrogens with one attached hydrogen (secondary N) is 1. The zero-order chi connectivity index (χ0) is 20.2. The third-order valence-corrected chi connectivity index (χ3v) is 5.95. The molecule has 1 aliphatic rings. The van der Waals surface area contributed by atoms with Gasteiger partial charge in [-0.15, -0.1) is 0 Å². The van der Waals surface area contributed by atoms with Gasteiger partial charge in [-0.05, 0) is 77.3 Å². The number of H-pyrrole nitrogens is 1. The van der Waals surface area contributed by atoms with Crippen LogP contribution >= 0.6 is 0 Å². The van der Waals surface area contributed by atoms with Gasteiger partial charge in [-0.2, -0.15) is 0 Å². The lowest BCUT2D eigenvalue weighted by Crippen LogP contribution is -2.06. The van der Waals surface area contributed by atoms with Crippen LogP contribution in [0.3, 0.4) is 0 Å². The van der Waals surface area contributed by atoms with Crippen LogP contribution in [0.1, 0.15) is 61.4 Å². The van der Waals surface area contributed by atoms with E-state index in [1.165, 1.54) is 44.6 Å². The Hall–Kier alpha value is -2.80. The van der Waals surface area contributed by atoms with E-state index in [4.69, 9.17) is 0 Å². The van der Waals surface area contributed by atoms with Gasteiger partial charge in [0.15, 0.2) is 0 Å². The van der Waals surface area contributed by atoms with Gasteiger partial charge in [0, 0.05) is 17.5 Å². The third-order valence-electron chi connectivity index (χ3n) is 5.95. The van der Waals surface area contributed by atoms with Crippen molar-refractivity contribution in [3.8, 4) is 22.4 Å². The maximum Gasteiger partial charge on any atom is 0.0459 e. The van der Waals surface area contributed by atoms with Gasteiger partial charge in [0.05, 0.1) is 0 Å². The maximum absolute atomic E-state index is 3.52. The first-order valence-corrected chi connectivity index (χ1v) is 11.0. The van der Waals surface area contributed by atoms with Crippen LogP contribution in [0.2, 0.25) is 0 Å². The fraction of sp³-hybridized carbons (Fsp3) is 0.286. The molecule has 0 bridgehead atoms. The summed E-state index contributed by atoms with van der Waals surface area (Å²) in [6.07, 6.45) is 16.4. The Bertz CT molecular complexity index is 1050. The number of fused-ring (bicyclic) bond motifs is 3. The quantitative estimate of drug-likeness (QED) is 0.315. The van der Waals surface area contributed by atoms with Crippen LogP contribution in [0, 0.1) is 0 Å². The van der Waals surface area contributed by atoms with Crippen molar-refractivity contribution in [3.63, 3.8) is 0 Å². The molecule has 1 heteroatoms. The third kappa shape index (κ3) is 3.51. The highest BCUT2D eigenvalue weighted by Gasteiger charge is 2.29. The van der Waals surface area contributed by atoms with Crippen LogP contribution in [0.5, 0.6) is 0 Å². The Morgan fingerprint density at radius 1 is 0.897 bits per heavy atom. The minimum atomic E-state index is 1.02. The normalized spacial score (nSPS) is 12.8. The molecule has 1 nitrogen and oxygen atoms in total. The van der Waals surface area contributed by atoms with Crippen LogP contribution in [0.4, 0.5) is 0 Å². The van der Waals surface area contributed by atoms with Gasteiger partial charge in [0.2, 0.25) is 0 Å². The Balaban J connectivity index is 2.10. The Labute approximate surface area is 175 Å². The summed E-state index contributed by atoms with van der Waals surface area (Å²) in [5.74, 6) is 0. The predicted molar refractivity (Wildman–Crippen MR) is 126 cm³/mol. The van der Waals surface area contributed by atoms with E-state index >= 15 is 0 Å². The van der Waals surface area contributed by atoms with Crippen LogP contribution in [0.15, 0.2) is 60.8 Å². The average molecular weight is 382 g/mol. The molecule has 29 heavy (non-hydrogen) atoms. The monoisotopic (exact) mass is 381 g/mol. The molecular weight excluding hydrogens is 350 g/mol. The van der Waals surface area contributed by atoms with E-state index < -0.39 is 0 Å². The van der Waals surface area contributed by atoms with Crippen molar-refractivity contribution in [2.75, 3.05) is 0 Å². The van der Waals surface area contributed by atoms with Crippen molar-refractivity contribution in [2.45, 2.75) is 52.9 Å². The molecule has 0 spiro atoms. The topological polar surface area (TPSA) is 15.8 Å². The molecule has 1 heterocycles. The molecule has 148 valence electrons. The van der Waals surface area contributed by atoms with Gasteiger partial charge in [0.25, 0.3) is 0 Å². The standard InChI is InChI=1S/C28H31N/c1-4-7-8-16-24-22(12-5-2)23(13-6-3)28(26-17-11-18-29-26)25-19-20-14-9-10-15-21(20)27(24)25/h4,7-11,14-18,29H,5-6,12-13,19H2,1-3H3. The Morgan fingerprint density at radius 2 is 1.69 bits per heavy atom. The molecule has 1 aliphatic carbocycles. The number of aromatic amines is 1. The van der Waals surface area contributed by atoms with E-state index in [9.17, 15) is 0 Å². The molecule has 0 radical (unpaired) electrons. The highest BCUT2D eigenvalue weighted by molar-refractivity contribution is 5.93. The van der Waals surface area contributed by atoms with E-state index in [1.54, 1.807) is 5.56 Å². The first-order valence-electron chi connectivity index (χ1n) is 11.0. The molecule has 1 N–H and O–H groups in total. The summed E-state index contributed by atoms with van der Waals surface area (Å²) in [6.45, 7) is 6.67. The first-order chi connectivity index (χ1) is 14.3. The second-order valence-corrected chi connectivity index (χ2v) is 7.90. The molecule has 1 aromatic heterocycles. The van der Waals surface area contributed by atoms with Gasteiger partial charge >= 0.3 is 0 Å². The van der Waals surface area contributed by atoms with Crippen molar-refractivity contribution < 1.29 is 0 Å². The predicted octanol–water partition coefficient (Wildman–Crippen LogP) is 7.75. The van der Waals surface area contributed by atoms with Crippen molar-refractivity contribution >= 4 is 6.08 Å². The summed E-state index contributed by atoms with van der Waals surface area (Å²) in [5.41, 5.74) is 13.0. The number of rotatable bonds is 7. The van der Waals surface area contributed by atoms with Gasteiger partial charge in [-0.25, -0.2) is 0 Å². The molecule has 0 aliphatic heterocycles. The lowest BCUT2D eigenvalue weighted by molar-refractivity contribution is 0.859. The van der Waals surface area contributed by atoms with E-state index in [0.29, 0.717) is 0 Å². The van der Waals surface area contributed by atoms with Crippen molar-refractivity contribution in [1.82, 2.24) is 4.98 Å². The molecule has 3 aromatic rings. The molecule has 0 unspecified atom stereocenters. The van der Waals surface area contributed by atoms with Crippen molar-refractivity contribution in [2.24, 2.45) is 0 Å². The molecule has 2 aromatic carbocycles. The number of benzene rings is 2. The van der Waals surface area contributed by atoms with Crippen LogP contribution in [-0.2, 0) is 19.3 Å². The largest absolute Gasteiger partial charge is 0.361 e. The molecule has 0 fully saturated rings.